The molecule has 0 aliphatic carbocycles. The van der Waals surface area contributed by atoms with Crippen LogP contribution in [0.25, 0.3) is 0 Å². The van der Waals surface area contributed by atoms with Crippen LogP contribution < -0.4 is 37.6 Å². The molecule has 1 aromatic rings. The number of aliphatic hydroxyl groups excluding tert-OH is 1. The lowest BCUT2D eigenvalue weighted by Crippen LogP contribution is -2.59. The van der Waals surface area contributed by atoms with Gasteiger partial charge in [0.1, 0.15) is 42.3 Å². The summed E-state index contributed by atoms with van der Waals surface area (Å²) in [7, 11) is 0. The number of rotatable bonds is 22. The summed E-state index contributed by atoms with van der Waals surface area (Å²) in [6.45, 7) is 3.90. The van der Waals surface area contributed by atoms with E-state index in [2.05, 4.69) is 57.2 Å². The first-order valence-corrected chi connectivity index (χ1v) is 21.4. The summed E-state index contributed by atoms with van der Waals surface area (Å²) in [5, 5.41) is 34.4. The van der Waals surface area contributed by atoms with Crippen LogP contribution in [0.1, 0.15) is 58.4 Å². The van der Waals surface area contributed by atoms with Gasteiger partial charge in [-0.3, -0.25) is 38.4 Å². The summed E-state index contributed by atoms with van der Waals surface area (Å²) in [5.41, 5.74) is 6.58. The second-order valence-electron chi connectivity index (χ2n) is 15.4. The molecule has 0 bridgehead atoms. The van der Waals surface area contributed by atoms with Crippen LogP contribution >= 0.6 is 25.3 Å². The molecule has 61 heavy (non-hydrogen) atoms. The minimum Gasteiger partial charge on any atom is -0.480 e. The Kier molecular flexibility index (Phi) is 20.3. The van der Waals surface area contributed by atoms with Crippen molar-refractivity contribution in [1.82, 2.24) is 41.7 Å². The quantitative estimate of drug-likeness (QED) is 0.0523. The van der Waals surface area contributed by atoms with E-state index in [-0.39, 0.29) is 43.2 Å². The average Bonchev–Trinajstić information content (AvgIpc) is 3.94. The Bertz CT molecular complexity index is 1740. The lowest BCUT2D eigenvalue weighted by Gasteiger charge is -2.29. The molecular formula is C39H59N9O11S2. The first-order chi connectivity index (χ1) is 28.9. The molecule has 0 aromatic heterocycles. The smallest absolute Gasteiger partial charge is 0.327 e. The first kappa shape index (κ1) is 50.4. The van der Waals surface area contributed by atoms with Gasteiger partial charge in [0.05, 0.1) is 19.2 Å². The van der Waals surface area contributed by atoms with Crippen LogP contribution in [0.3, 0.4) is 0 Å². The predicted octanol–water partition coefficient (Wildman–Crippen LogP) is -2.92. The number of amides is 8. The summed E-state index contributed by atoms with van der Waals surface area (Å²) in [6, 6.07) is -0.287. The van der Waals surface area contributed by atoms with Gasteiger partial charge in [-0.2, -0.15) is 25.3 Å². The van der Waals surface area contributed by atoms with Gasteiger partial charge in [-0.05, 0) is 50.5 Å². The number of thiol groups is 2. The second kappa shape index (κ2) is 24.5. The van der Waals surface area contributed by atoms with E-state index < -0.39 is 115 Å². The Morgan fingerprint density at radius 3 is 1.84 bits per heavy atom. The third-order valence-corrected chi connectivity index (χ3v) is 11.0. The number of nitrogens with two attached hydrogens (primary N) is 1. The highest BCUT2D eigenvalue weighted by atomic mass is 32.1. The highest BCUT2D eigenvalue weighted by Gasteiger charge is 2.40. The van der Waals surface area contributed by atoms with Crippen molar-refractivity contribution in [2.24, 2.45) is 11.7 Å². The minimum absolute atomic E-state index is 0.0464. The molecule has 2 aliphatic heterocycles. The molecule has 0 unspecified atom stereocenters. The highest BCUT2D eigenvalue weighted by Crippen LogP contribution is 2.20. The van der Waals surface area contributed by atoms with Gasteiger partial charge in [0, 0.05) is 31.0 Å². The van der Waals surface area contributed by atoms with Crippen molar-refractivity contribution in [2.75, 3.05) is 37.7 Å². The molecule has 8 atom stereocenters. The maximum Gasteiger partial charge on any atom is 0.327 e. The maximum absolute atomic E-state index is 13.6. The molecule has 22 heteroatoms. The van der Waals surface area contributed by atoms with Crippen molar-refractivity contribution in [2.45, 2.75) is 108 Å². The molecule has 20 nitrogen and oxygen atoms in total. The summed E-state index contributed by atoms with van der Waals surface area (Å²) < 4.78 is 0. The number of hydrogen-bond acceptors (Lipinski definition) is 13. The minimum atomic E-state index is -1.50. The van der Waals surface area contributed by atoms with Crippen LogP contribution in [0.2, 0.25) is 0 Å². The van der Waals surface area contributed by atoms with Crippen LogP contribution in [0.15, 0.2) is 30.3 Å². The topological polar surface area (TPSA) is 299 Å². The molecular weight excluding hydrogens is 835 g/mol. The van der Waals surface area contributed by atoms with E-state index in [0.29, 0.717) is 31.4 Å². The highest BCUT2D eigenvalue weighted by molar-refractivity contribution is 7.80. The summed E-state index contributed by atoms with van der Waals surface area (Å²) in [5.74, 6) is -7.00. The summed E-state index contributed by atoms with van der Waals surface area (Å²) >= 11 is 8.03. The van der Waals surface area contributed by atoms with Crippen molar-refractivity contribution >= 4 is 78.5 Å². The van der Waals surface area contributed by atoms with E-state index in [9.17, 15) is 53.4 Å². The number of likely N-dealkylation sites (tertiary alicyclic amines) is 2. The van der Waals surface area contributed by atoms with Crippen LogP contribution in [-0.4, -0.2) is 159 Å². The van der Waals surface area contributed by atoms with Crippen molar-refractivity contribution in [1.29, 1.82) is 0 Å². The number of nitrogens with zero attached hydrogens (tertiary/aromatic N) is 2. The largest absolute Gasteiger partial charge is 0.480 e. The van der Waals surface area contributed by atoms with Crippen LogP contribution in [0.4, 0.5) is 0 Å². The van der Waals surface area contributed by atoms with Gasteiger partial charge in [0.25, 0.3) is 0 Å². The van der Waals surface area contributed by atoms with Gasteiger partial charge in [0.2, 0.25) is 47.3 Å². The number of aliphatic carboxylic acids is 1. The van der Waals surface area contributed by atoms with Crippen molar-refractivity contribution in [3.63, 3.8) is 0 Å². The van der Waals surface area contributed by atoms with E-state index in [1.807, 2.05) is 0 Å². The average molecular weight is 894 g/mol. The van der Waals surface area contributed by atoms with Crippen molar-refractivity contribution in [3.8, 4) is 0 Å². The van der Waals surface area contributed by atoms with Gasteiger partial charge in [-0.1, -0.05) is 44.2 Å². The Morgan fingerprint density at radius 2 is 1.30 bits per heavy atom. The molecule has 0 radical (unpaired) electrons. The number of nitrogens with one attached hydrogen (secondary N) is 6. The van der Waals surface area contributed by atoms with Crippen LogP contribution in [-0.2, 0) is 49.6 Å². The number of hydrogen-bond donors (Lipinski definition) is 11. The molecule has 2 heterocycles. The van der Waals surface area contributed by atoms with Gasteiger partial charge in [-0.15, -0.1) is 0 Å². The molecule has 0 saturated carbocycles. The zero-order valence-electron chi connectivity index (χ0n) is 34.5. The monoisotopic (exact) mass is 893 g/mol. The van der Waals surface area contributed by atoms with Crippen LogP contribution in [0.5, 0.6) is 0 Å². The lowest BCUT2D eigenvalue weighted by molar-refractivity contribution is -0.143. The first-order valence-electron chi connectivity index (χ1n) is 20.2. The molecule has 8 amide bonds. The Labute approximate surface area is 365 Å². The number of carbonyl (C=O) groups is 9. The maximum atomic E-state index is 13.6. The fourth-order valence-corrected chi connectivity index (χ4v) is 7.38. The fraction of sp³-hybridized carbons (Fsp3) is 0.615. The van der Waals surface area contributed by atoms with E-state index >= 15 is 0 Å². The standard InChI is InChI=1S/C39H59N9O11S2/c1-21(2)15-25(34(53)46-28(20-61)39(58)59)44-32(51)22(3)42-35(54)29-11-8-14-48(29)38(57)27(18-49)43-31(50)17-41-33(52)26(16-23-9-5-4-6-10-23)45-36(55)30-12-7-13-47(30)37(56)24(40)19-60/h4-6,9-10,21-22,24-30,49,60-61H,7-8,11-20,40H2,1-3H3,(H,41,52)(H,42,54)(H,43,50)(H,44,51)(H,45,55)(H,46,53)(H,58,59)/t22-,24-,25-,26-,27-,28-,29-,30-/m0/s1. The Balaban J connectivity index is 1.61. The van der Waals surface area contributed by atoms with Gasteiger partial charge in [0.15, 0.2) is 0 Å². The fourth-order valence-electron chi connectivity index (χ4n) is 6.98. The molecule has 3 rings (SSSR count). The molecule has 2 saturated heterocycles. The number of carbonyl (C=O) groups excluding carboxylic acids is 8. The van der Waals surface area contributed by atoms with Crippen molar-refractivity contribution < 1.29 is 53.4 Å². The molecule has 0 spiro atoms. The van der Waals surface area contributed by atoms with E-state index in [1.165, 1.54) is 16.7 Å². The molecule has 10 N–H and O–H groups in total. The lowest BCUT2D eigenvalue weighted by atomic mass is 10.0. The van der Waals surface area contributed by atoms with Crippen molar-refractivity contribution in [3.05, 3.63) is 35.9 Å². The Hall–Kier alpha value is -4.93. The summed E-state index contributed by atoms with van der Waals surface area (Å²) in [6.07, 6.45) is 1.72. The molecule has 2 aliphatic rings. The van der Waals surface area contributed by atoms with Gasteiger partial charge in [-0.25, -0.2) is 4.79 Å². The van der Waals surface area contributed by atoms with E-state index in [4.69, 9.17) is 5.73 Å². The molecule has 2 fully saturated rings. The predicted molar refractivity (Wildman–Crippen MR) is 228 cm³/mol. The number of benzene rings is 1. The second-order valence-corrected chi connectivity index (χ2v) is 16.2. The molecule has 1 aromatic carbocycles. The SMILES string of the molecule is CC(C)C[C@H](NC(=O)[C@H](C)NC(=O)[C@@H]1CCCN1C(=O)[C@H](CO)NC(=O)CNC(=O)[C@H](Cc1ccccc1)NC(=O)[C@@H]1CCCN1C(=O)[C@@H](N)CS)C(=O)N[C@@H](CS)C(=O)O. The molecule has 338 valence electrons. The zero-order chi connectivity index (χ0) is 45.4. The number of carboxylic acid groups (broad SMARTS) is 1. The Morgan fingerprint density at radius 1 is 0.721 bits per heavy atom. The number of aliphatic hydroxyl groups is 1. The normalized spacial score (nSPS) is 19.1. The van der Waals surface area contributed by atoms with Crippen LogP contribution in [0, 0.1) is 5.92 Å². The van der Waals surface area contributed by atoms with E-state index in [0.717, 1.165) is 0 Å². The summed E-state index contributed by atoms with van der Waals surface area (Å²) in [4.78, 5) is 120. The third kappa shape index (κ3) is 14.9. The number of carboxylic acids is 1. The van der Waals surface area contributed by atoms with Gasteiger partial charge >= 0.3 is 5.97 Å². The van der Waals surface area contributed by atoms with E-state index in [1.54, 1.807) is 44.2 Å². The zero-order valence-corrected chi connectivity index (χ0v) is 36.3. The third-order valence-electron chi connectivity index (χ3n) is 10.2. The van der Waals surface area contributed by atoms with Gasteiger partial charge < -0.3 is 57.6 Å².